The number of rotatable bonds is 1. The average molecular weight is 247 g/mol. The summed E-state index contributed by atoms with van der Waals surface area (Å²) in [6.07, 6.45) is 0. The molecule has 3 heteroatoms. The molecule has 0 amide bonds. The molecule has 0 fully saturated rings. The molecule has 0 atom stereocenters. The van der Waals surface area contributed by atoms with Gasteiger partial charge in [-0.25, -0.2) is 4.39 Å². The summed E-state index contributed by atoms with van der Waals surface area (Å²) in [7, 11) is 0. The van der Waals surface area contributed by atoms with E-state index in [-0.39, 0.29) is 0 Å². The van der Waals surface area contributed by atoms with Gasteiger partial charge in [0.05, 0.1) is 10.1 Å². The van der Waals surface area contributed by atoms with E-state index in [1.807, 2.05) is 6.92 Å². The molecule has 0 aromatic heterocycles. The van der Waals surface area contributed by atoms with Crippen LogP contribution in [-0.4, -0.2) is 5.11 Å². The van der Waals surface area contributed by atoms with Crippen molar-refractivity contribution in [2.75, 3.05) is 0 Å². The Morgan fingerprint density at radius 1 is 1.38 bits per heavy atom. The molecule has 0 spiro atoms. The summed E-state index contributed by atoms with van der Waals surface area (Å²) in [6, 6.07) is 3.34. The van der Waals surface area contributed by atoms with E-state index in [0.29, 0.717) is 10.0 Å². The van der Waals surface area contributed by atoms with Gasteiger partial charge in [0, 0.05) is 5.56 Å². The number of aryl methyl sites for hydroxylation is 1. The van der Waals surface area contributed by atoms with Crippen LogP contribution >= 0.6 is 15.9 Å². The second-order valence-corrected chi connectivity index (χ2v) is 4.52. The zero-order chi connectivity index (χ0) is 10.2. The summed E-state index contributed by atoms with van der Waals surface area (Å²) in [5.41, 5.74) is 0.100. The molecule has 1 nitrogen and oxygen atoms in total. The minimum atomic E-state index is -1.14. The van der Waals surface area contributed by atoms with Crippen LogP contribution in [-0.2, 0) is 5.60 Å². The predicted octanol–water partition coefficient (Wildman–Crippen LogP) is 3.12. The van der Waals surface area contributed by atoms with Gasteiger partial charge in [-0.2, -0.15) is 0 Å². The van der Waals surface area contributed by atoms with Gasteiger partial charge in [0.1, 0.15) is 5.82 Å². The summed E-state index contributed by atoms with van der Waals surface area (Å²) < 4.78 is 13.9. The van der Waals surface area contributed by atoms with E-state index in [1.165, 1.54) is 0 Å². The van der Waals surface area contributed by atoms with Crippen molar-refractivity contribution in [2.24, 2.45) is 0 Å². The van der Waals surface area contributed by atoms with Crippen LogP contribution in [0.2, 0.25) is 0 Å². The minimum Gasteiger partial charge on any atom is -0.386 e. The molecule has 0 radical (unpaired) electrons. The zero-order valence-electron chi connectivity index (χ0n) is 7.86. The maximum absolute atomic E-state index is 13.5. The van der Waals surface area contributed by atoms with Crippen molar-refractivity contribution in [1.29, 1.82) is 0 Å². The van der Waals surface area contributed by atoms with E-state index in [9.17, 15) is 9.50 Å². The molecule has 0 aliphatic heterocycles. The lowest BCUT2D eigenvalue weighted by atomic mass is 9.96. The molecule has 72 valence electrons. The van der Waals surface area contributed by atoms with Crippen molar-refractivity contribution in [3.8, 4) is 0 Å². The van der Waals surface area contributed by atoms with Crippen molar-refractivity contribution in [3.05, 3.63) is 33.5 Å². The van der Waals surface area contributed by atoms with Crippen LogP contribution < -0.4 is 0 Å². The first-order valence-corrected chi connectivity index (χ1v) is 4.80. The van der Waals surface area contributed by atoms with Gasteiger partial charge in [-0.05, 0) is 48.3 Å². The van der Waals surface area contributed by atoms with Crippen molar-refractivity contribution in [3.63, 3.8) is 0 Å². The topological polar surface area (TPSA) is 20.2 Å². The van der Waals surface area contributed by atoms with Gasteiger partial charge in [0.25, 0.3) is 0 Å². The Morgan fingerprint density at radius 2 is 1.92 bits per heavy atom. The predicted molar refractivity (Wildman–Crippen MR) is 54.1 cm³/mol. The van der Waals surface area contributed by atoms with Gasteiger partial charge in [0.2, 0.25) is 0 Å². The lowest BCUT2D eigenvalue weighted by molar-refractivity contribution is 0.0743. The molecule has 1 aromatic carbocycles. The Bertz CT molecular complexity index is 328. The SMILES string of the molecule is Cc1cc(Br)c(F)c(C(C)(C)O)c1. The third-order valence-electron chi connectivity index (χ3n) is 1.83. The molecular formula is C10H12BrFO. The average Bonchev–Trinajstić information content (AvgIpc) is 1.94. The van der Waals surface area contributed by atoms with E-state index in [0.717, 1.165) is 5.56 Å². The summed E-state index contributed by atoms with van der Waals surface area (Å²) in [5.74, 6) is -0.391. The third-order valence-corrected chi connectivity index (χ3v) is 2.41. The molecule has 0 saturated heterocycles. The summed E-state index contributed by atoms with van der Waals surface area (Å²) in [6.45, 7) is 4.99. The maximum atomic E-state index is 13.5. The van der Waals surface area contributed by atoms with Crippen LogP contribution in [0.25, 0.3) is 0 Å². The number of benzene rings is 1. The fraction of sp³-hybridized carbons (Fsp3) is 0.400. The molecule has 0 saturated carbocycles. The van der Waals surface area contributed by atoms with Crippen molar-refractivity contribution < 1.29 is 9.50 Å². The maximum Gasteiger partial charge on any atom is 0.143 e. The lowest BCUT2D eigenvalue weighted by Gasteiger charge is -2.19. The fourth-order valence-electron chi connectivity index (χ4n) is 1.17. The molecule has 1 aromatic rings. The summed E-state index contributed by atoms with van der Waals surface area (Å²) in [4.78, 5) is 0. The molecule has 1 N–H and O–H groups in total. The Morgan fingerprint density at radius 3 is 2.38 bits per heavy atom. The fourth-order valence-corrected chi connectivity index (χ4v) is 1.74. The van der Waals surface area contributed by atoms with Crippen LogP contribution in [0.4, 0.5) is 4.39 Å². The van der Waals surface area contributed by atoms with Crippen molar-refractivity contribution in [2.45, 2.75) is 26.4 Å². The first-order valence-electron chi connectivity index (χ1n) is 4.01. The van der Waals surface area contributed by atoms with Crippen LogP contribution in [0.5, 0.6) is 0 Å². The highest BCUT2D eigenvalue weighted by Crippen LogP contribution is 2.28. The normalized spacial score (nSPS) is 11.8. The minimum absolute atomic E-state index is 0.319. The van der Waals surface area contributed by atoms with Crippen molar-refractivity contribution in [1.82, 2.24) is 0 Å². The van der Waals surface area contributed by atoms with Gasteiger partial charge in [-0.1, -0.05) is 6.07 Å². The largest absolute Gasteiger partial charge is 0.386 e. The molecule has 0 aliphatic carbocycles. The van der Waals surface area contributed by atoms with Gasteiger partial charge in [0.15, 0.2) is 0 Å². The summed E-state index contributed by atoms with van der Waals surface area (Å²) in [5, 5.41) is 9.66. The van der Waals surface area contributed by atoms with E-state index >= 15 is 0 Å². The van der Waals surface area contributed by atoms with E-state index in [2.05, 4.69) is 15.9 Å². The molecule has 1 rings (SSSR count). The summed E-state index contributed by atoms with van der Waals surface area (Å²) >= 11 is 3.10. The van der Waals surface area contributed by atoms with Gasteiger partial charge in [-0.15, -0.1) is 0 Å². The highest BCUT2D eigenvalue weighted by molar-refractivity contribution is 9.10. The molecule has 0 bridgehead atoms. The highest BCUT2D eigenvalue weighted by atomic mass is 79.9. The first kappa shape index (κ1) is 10.7. The molecule has 0 unspecified atom stereocenters. The molecule has 0 aliphatic rings. The van der Waals surface area contributed by atoms with Crippen LogP contribution in [0.3, 0.4) is 0 Å². The van der Waals surface area contributed by atoms with Crippen molar-refractivity contribution >= 4 is 15.9 Å². The Balaban J connectivity index is 3.37. The van der Waals surface area contributed by atoms with Gasteiger partial charge in [-0.3, -0.25) is 0 Å². The second kappa shape index (κ2) is 3.39. The quantitative estimate of drug-likeness (QED) is 0.808. The van der Waals surface area contributed by atoms with Gasteiger partial charge >= 0.3 is 0 Å². The number of aliphatic hydroxyl groups is 1. The van der Waals surface area contributed by atoms with Gasteiger partial charge < -0.3 is 5.11 Å². The highest BCUT2D eigenvalue weighted by Gasteiger charge is 2.22. The second-order valence-electron chi connectivity index (χ2n) is 3.67. The standard InChI is InChI=1S/C10H12BrFO/c1-6-4-7(10(2,3)13)9(12)8(11)5-6/h4-5,13H,1-3H3. The monoisotopic (exact) mass is 246 g/mol. The van der Waals surface area contributed by atoms with E-state index in [4.69, 9.17) is 0 Å². The smallest absolute Gasteiger partial charge is 0.143 e. The molecule has 0 heterocycles. The third kappa shape index (κ3) is 2.29. The van der Waals surface area contributed by atoms with E-state index in [1.54, 1.807) is 26.0 Å². The Hall–Kier alpha value is -0.410. The van der Waals surface area contributed by atoms with E-state index < -0.39 is 11.4 Å². The van der Waals surface area contributed by atoms with Crippen LogP contribution in [0.15, 0.2) is 16.6 Å². The first-order chi connectivity index (χ1) is 5.82. The number of hydrogen-bond acceptors (Lipinski definition) is 1. The Labute approximate surface area is 85.7 Å². The Kier molecular flexibility index (Phi) is 2.78. The number of halogens is 2. The lowest BCUT2D eigenvalue weighted by Crippen LogP contribution is -2.18. The molecule has 13 heavy (non-hydrogen) atoms. The van der Waals surface area contributed by atoms with Crippen LogP contribution in [0, 0.1) is 12.7 Å². The zero-order valence-corrected chi connectivity index (χ0v) is 9.44. The molecular weight excluding hydrogens is 235 g/mol. The van der Waals surface area contributed by atoms with Crippen LogP contribution in [0.1, 0.15) is 25.0 Å². The number of hydrogen-bond donors (Lipinski definition) is 1.